The zero-order valence-electron chi connectivity index (χ0n) is 9.01. The summed E-state index contributed by atoms with van der Waals surface area (Å²) < 4.78 is 10.3. The minimum absolute atomic E-state index is 0.0536. The lowest BCUT2D eigenvalue weighted by Crippen LogP contribution is -2.06. The summed E-state index contributed by atoms with van der Waals surface area (Å²) in [6, 6.07) is 4.30. The molecule has 0 bridgehead atoms. The second-order valence-electron chi connectivity index (χ2n) is 3.11. The number of nitro benzene ring substituents is 1. The molecule has 0 saturated heterocycles. The number of ether oxygens (including phenoxy) is 2. The molecule has 0 amide bonds. The second kappa shape index (κ2) is 5.92. The maximum absolute atomic E-state index is 10.6. The van der Waals surface area contributed by atoms with Crippen LogP contribution in [0.2, 0.25) is 0 Å². The molecule has 1 aromatic rings. The minimum Gasteiger partial charge on any atom is -0.496 e. The summed E-state index contributed by atoms with van der Waals surface area (Å²) in [5, 5.41) is 10.6. The molecule has 0 spiro atoms. The molecule has 0 saturated carbocycles. The van der Waals surface area contributed by atoms with Gasteiger partial charge in [-0.1, -0.05) is 0 Å². The van der Waals surface area contributed by atoms with Crippen molar-refractivity contribution in [2.24, 2.45) is 5.73 Å². The molecule has 1 rings (SSSR count). The van der Waals surface area contributed by atoms with E-state index in [1.165, 1.54) is 19.2 Å². The smallest absolute Gasteiger partial charge is 0.276 e. The molecule has 16 heavy (non-hydrogen) atoms. The predicted octanol–water partition coefficient (Wildman–Crippen LogP) is 1.33. The third-order valence-electron chi connectivity index (χ3n) is 1.93. The summed E-state index contributed by atoms with van der Waals surface area (Å²) >= 11 is 0. The Kier molecular flexibility index (Phi) is 4.53. The highest BCUT2D eigenvalue weighted by atomic mass is 16.6. The molecule has 6 nitrogen and oxygen atoms in total. The van der Waals surface area contributed by atoms with Crippen molar-refractivity contribution in [1.29, 1.82) is 0 Å². The molecule has 0 unspecified atom stereocenters. The summed E-state index contributed by atoms with van der Waals surface area (Å²) in [6.45, 7) is 0.951. The monoisotopic (exact) mass is 226 g/mol. The molecule has 0 aliphatic heterocycles. The topological polar surface area (TPSA) is 87.6 Å². The molecular weight excluding hydrogens is 212 g/mol. The second-order valence-corrected chi connectivity index (χ2v) is 3.11. The van der Waals surface area contributed by atoms with Gasteiger partial charge in [-0.25, -0.2) is 0 Å². The first-order valence-electron chi connectivity index (χ1n) is 4.83. The number of non-ortho nitro benzene ring substituents is 1. The van der Waals surface area contributed by atoms with E-state index in [-0.39, 0.29) is 5.69 Å². The van der Waals surface area contributed by atoms with Gasteiger partial charge in [-0.15, -0.1) is 0 Å². The van der Waals surface area contributed by atoms with Crippen LogP contribution in [0.15, 0.2) is 18.2 Å². The predicted molar refractivity (Wildman–Crippen MR) is 58.8 cm³/mol. The first-order chi connectivity index (χ1) is 7.67. The van der Waals surface area contributed by atoms with Crippen LogP contribution in [-0.2, 0) is 0 Å². The van der Waals surface area contributed by atoms with Gasteiger partial charge < -0.3 is 15.2 Å². The molecule has 0 heterocycles. The quantitative estimate of drug-likeness (QED) is 0.449. The van der Waals surface area contributed by atoms with Crippen LogP contribution in [0.25, 0.3) is 0 Å². The van der Waals surface area contributed by atoms with Gasteiger partial charge in [0, 0.05) is 6.07 Å². The van der Waals surface area contributed by atoms with Gasteiger partial charge in [0.05, 0.1) is 30.8 Å². The van der Waals surface area contributed by atoms with Crippen LogP contribution in [0.3, 0.4) is 0 Å². The molecule has 2 N–H and O–H groups in total. The fourth-order valence-electron chi connectivity index (χ4n) is 1.14. The molecule has 1 aromatic carbocycles. The number of hydrogen-bond donors (Lipinski definition) is 1. The fraction of sp³-hybridized carbons (Fsp3) is 0.400. The lowest BCUT2D eigenvalue weighted by molar-refractivity contribution is -0.385. The van der Waals surface area contributed by atoms with Crippen molar-refractivity contribution >= 4 is 5.69 Å². The summed E-state index contributed by atoms with van der Waals surface area (Å²) in [7, 11) is 1.45. The van der Waals surface area contributed by atoms with Crippen molar-refractivity contribution in [3.05, 3.63) is 28.3 Å². The summed E-state index contributed by atoms with van der Waals surface area (Å²) in [5.74, 6) is 0.816. The molecule has 0 aliphatic rings. The Morgan fingerprint density at radius 1 is 1.38 bits per heavy atom. The van der Waals surface area contributed by atoms with Crippen LogP contribution in [0.1, 0.15) is 6.42 Å². The number of rotatable bonds is 6. The van der Waals surface area contributed by atoms with Crippen LogP contribution in [0.5, 0.6) is 11.5 Å². The van der Waals surface area contributed by atoms with Gasteiger partial charge in [0.15, 0.2) is 0 Å². The number of benzene rings is 1. The van der Waals surface area contributed by atoms with E-state index in [1.54, 1.807) is 6.07 Å². The molecule has 88 valence electrons. The van der Waals surface area contributed by atoms with Crippen molar-refractivity contribution in [2.75, 3.05) is 20.3 Å². The number of hydrogen-bond acceptors (Lipinski definition) is 5. The van der Waals surface area contributed by atoms with Crippen LogP contribution < -0.4 is 15.2 Å². The maximum atomic E-state index is 10.6. The molecular formula is C10H14N2O4. The van der Waals surface area contributed by atoms with E-state index >= 15 is 0 Å². The highest BCUT2D eigenvalue weighted by molar-refractivity contribution is 5.45. The van der Waals surface area contributed by atoms with Crippen LogP contribution in [0.4, 0.5) is 5.69 Å². The molecule has 0 radical (unpaired) electrons. The van der Waals surface area contributed by atoms with Gasteiger partial charge in [-0.2, -0.15) is 0 Å². The lowest BCUT2D eigenvalue weighted by atomic mass is 10.3. The van der Waals surface area contributed by atoms with Crippen molar-refractivity contribution < 1.29 is 14.4 Å². The van der Waals surface area contributed by atoms with Gasteiger partial charge >= 0.3 is 0 Å². The Bertz CT molecular complexity index is 368. The van der Waals surface area contributed by atoms with Crippen LogP contribution >= 0.6 is 0 Å². The Morgan fingerprint density at radius 2 is 2.06 bits per heavy atom. The van der Waals surface area contributed by atoms with Crippen molar-refractivity contribution in [2.45, 2.75) is 6.42 Å². The molecule has 0 aliphatic carbocycles. The Hall–Kier alpha value is -1.82. The summed E-state index contributed by atoms with van der Waals surface area (Å²) in [4.78, 5) is 10.1. The Balaban J connectivity index is 2.82. The highest BCUT2D eigenvalue weighted by Gasteiger charge is 2.10. The van der Waals surface area contributed by atoms with Crippen molar-refractivity contribution in [1.82, 2.24) is 0 Å². The van der Waals surface area contributed by atoms with Gasteiger partial charge in [0.1, 0.15) is 11.5 Å². The number of nitro groups is 1. The molecule has 0 atom stereocenters. The average molecular weight is 226 g/mol. The minimum atomic E-state index is -0.488. The maximum Gasteiger partial charge on any atom is 0.276 e. The fourth-order valence-corrected chi connectivity index (χ4v) is 1.14. The Labute approximate surface area is 93.1 Å². The number of nitrogens with zero attached hydrogens (tertiary/aromatic N) is 1. The van der Waals surface area contributed by atoms with Gasteiger partial charge in [0.2, 0.25) is 0 Å². The van der Waals surface area contributed by atoms with E-state index in [2.05, 4.69) is 0 Å². The average Bonchev–Trinajstić information content (AvgIpc) is 2.29. The third-order valence-corrected chi connectivity index (χ3v) is 1.93. The summed E-state index contributed by atoms with van der Waals surface area (Å²) in [5.41, 5.74) is 5.26. The standard InChI is InChI=1S/C10H14N2O4/c1-15-9-5-8(12(13)14)6-10(7-9)16-4-2-3-11/h5-7H,2-4,11H2,1H3. The van der Waals surface area contributed by atoms with Gasteiger partial charge in [-0.05, 0) is 13.0 Å². The normalized spacial score (nSPS) is 9.88. The first kappa shape index (κ1) is 12.3. The van der Waals surface area contributed by atoms with Gasteiger partial charge in [-0.3, -0.25) is 10.1 Å². The van der Waals surface area contributed by atoms with E-state index in [0.717, 1.165) is 0 Å². The zero-order valence-corrected chi connectivity index (χ0v) is 9.01. The van der Waals surface area contributed by atoms with E-state index in [9.17, 15) is 10.1 Å². The number of methoxy groups -OCH3 is 1. The zero-order chi connectivity index (χ0) is 12.0. The third kappa shape index (κ3) is 3.39. The largest absolute Gasteiger partial charge is 0.496 e. The Morgan fingerprint density at radius 3 is 2.62 bits per heavy atom. The van der Waals surface area contributed by atoms with E-state index in [1.807, 2.05) is 0 Å². The van der Waals surface area contributed by atoms with E-state index < -0.39 is 4.92 Å². The highest BCUT2D eigenvalue weighted by Crippen LogP contribution is 2.27. The first-order valence-corrected chi connectivity index (χ1v) is 4.83. The summed E-state index contributed by atoms with van der Waals surface area (Å²) in [6.07, 6.45) is 0.699. The van der Waals surface area contributed by atoms with Crippen LogP contribution in [0, 0.1) is 10.1 Å². The van der Waals surface area contributed by atoms with E-state index in [4.69, 9.17) is 15.2 Å². The molecule has 0 aromatic heterocycles. The van der Waals surface area contributed by atoms with Crippen LogP contribution in [-0.4, -0.2) is 25.2 Å². The molecule has 6 heteroatoms. The molecule has 0 fully saturated rings. The van der Waals surface area contributed by atoms with Crippen molar-refractivity contribution in [3.8, 4) is 11.5 Å². The lowest BCUT2D eigenvalue weighted by Gasteiger charge is -2.07. The van der Waals surface area contributed by atoms with Crippen molar-refractivity contribution in [3.63, 3.8) is 0 Å². The number of nitrogens with two attached hydrogens (primary N) is 1. The van der Waals surface area contributed by atoms with E-state index in [0.29, 0.717) is 31.1 Å². The van der Waals surface area contributed by atoms with Gasteiger partial charge in [0.25, 0.3) is 5.69 Å². The SMILES string of the molecule is COc1cc(OCCCN)cc([N+](=O)[O-])c1.